The molecule has 0 aromatic heterocycles. The van der Waals surface area contributed by atoms with Gasteiger partial charge < -0.3 is 25.0 Å². The van der Waals surface area contributed by atoms with Crippen molar-refractivity contribution in [3.63, 3.8) is 0 Å². The molecule has 7 nitrogen and oxygen atoms in total. The van der Waals surface area contributed by atoms with Crippen molar-refractivity contribution in [1.29, 1.82) is 0 Å². The van der Waals surface area contributed by atoms with Gasteiger partial charge in [-0.1, -0.05) is 0 Å². The van der Waals surface area contributed by atoms with Crippen LogP contribution < -0.4 is 10.6 Å². The average Bonchev–Trinajstić information content (AvgIpc) is 2.54. The Hall–Kier alpha value is -0.770. The Labute approximate surface area is 156 Å². The van der Waals surface area contributed by atoms with E-state index in [9.17, 15) is 4.79 Å². The zero-order chi connectivity index (χ0) is 16.2. The van der Waals surface area contributed by atoms with E-state index in [0.29, 0.717) is 12.6 Å². The first-order chi connectivity index (χ1) is 10.7. The summed E-state index contributed by atoms with van der Waals surface area (Å²) in [5.41, 5.74) is 0. The second-order valence-electron chi connectivity index (χ2n) is 5.15. The van der Waals surface area contributed by atoms with Gasteiger partial charge in [-0.25, -0.2) is 4.79 Å². The summed E-state index contributed by atoms with van der Waals surface area (Å²) < 4.78 is 10.3. The second kappa shape index (κ2) is 13.6. The molecule has 0 atom stereocenters. The van der Waals surface area contributed by atoms with Crippen LogP contribution in [0.15, 0.2) is 4.99 Å². The number of hydrogen-bond acceptors (Lipinski definition) is 4. The van der Waals surface area contributed by atoms with Crippen LogP contribution >= 0.6 is 24.0 Å². The van der Waals surface area contributed by atoms with E-state index in [1.54, 1.807) is 11.9 Å². The number of likely N-dealkylation sites (tertiary alicyclic amines) is 1. The molecule has 1 rings (SSSR count). The van der Waals surface area contributed by atoms with E-state index in [1.807, 2.05) is 13.8 Å². The molecule has 0 aromatic carbocycles. The number of nitrogens with one attached hydrogen (secondary N) is 2. The quantitative estimate of drug-likeness (QED) is 0.272. The summed E-state index contributed by atoms with van der Waals surface area (Å²) >= 11 is 0. The van der Waals surface area contributed by atoms with Gasteiger partial charge in [0.15, 0.2) is 5.96 Å². The van der Waals surface area contributed by atoms with Crippen molar-refractivity contribution < 1.29 is 14.3 Å². The third kappa shape index (κ3) is 9.19. The zero-order valence-electron chi connectivity index (χ0n) is 14.5. The lowest BCUT2D eigenvalue weighted by molar-refractivity contribution is 0.0963. The first-order valence-electron chi connectivity index (χ1n) is 8.17. The molecule has 1 saturated heterocycles. The molecule has 136 valence electrons. The van der Waals surface area contributed by atoms with Crippen LogP contribution in [-0.4, -0.2) is 69.5 Å². The van der Waals surface area contributed by atoms with Crippen molar-refractivity contribution in [3.05, 3.63) is 0 Å². The van der Waals surface area contributed by atoms with Gasteiger partial charge in [0.25, 0.3) is 0 Å². The number of hydrogen-bond donors (Lipinski definition) is 2. The van der Waals surface area contributed by atoms with Gasteiger partial charge in [0.05, 0.1) is 6.61 Å². The second-order valence-corrected chi connectivity index (χ2v) is 5.15. The van der Waals surface area contributed by atoms with Crippen LogP contribution in [0.3, 0.4) is 0 Å². The maximum Gasteiger partial charge on any atom is 0.409 e. The number of rotatable bonds is 7. The van der Waals surface area contributed by atoms with Crippen LogP contribution in [0.25, 0.3) is 0 Å². The molecule has 2 N–H and O–H groups in total. The van der Waals surface area contributed by atoms with Gasteiger partial charge in [-0.3, -0.25) is 4.99 Å². The highest BCUT2D eigenvalue weighted by molar-refractivity contribution is 14.0. The van der Waals surface area contributed by atoms with Crippen molar-refractivity contribution in [2.24, 2.45) is 4.99 Å². The van der Waals surface area contributed by atoms with Crippen LogP contribution in [-0.2, 0) is 9.47 Å². The molecule has 0 aliphatic carbocycles. The minimum atomic E-state index is -0.209. The van der Waals surface area contributed by atoms with Crippen LogP contribution in [0.2, 0.25) is 0 Å². The number of carbonyl (C=O) groups excluding carboxylic acids is 1. The molecule has 0 saturated carbocycles. The maximum absolute atomic E-state index is 11.6. The molecular formula is C15H31IN4O3. The molecular weight excluding hydrogens is 411 g/mol. The van der Waals surface area contributed by atoms with E-state index in [4.69, 9.17) is 9.47 Å². The fourth-order valence-corrected chi connectivity index (χ4v) is 2.33. The van der Waals surface area contributed by atoms with Gasteiger partial charge in [-0.05, 0) is 33.1 Å². The molecule has 1 heterocycles. The molecule has 0 spiro atoms. The van der Waals surface area contributed by atoms with E-state index >= 15 is 0 Å². The fourth-order valence-electron chi connectivity index (χ4n) is 2.33. The molecule has 0 unspecified atom stereocenters. The van der Waals surface area contributed by atoms with Crippen LogP contribution in [0.5, 0.6) is 0 Å². The fraction of sp³-hybridized carbons (Fsp3) is 0.867. The van der Waals surface area contributed by atoms with Crippen molar-refractivity contribution in [1.82, 2.24) is 15.5 Å². The van der Waals surface area contributed by atoms with E-state index in [0.717, 1.165) is 58.1 Å². The number of nitrogens with zero attached hydrogens (tertiary/aromatic N) is 2. The number of halogens is 1. The summed E-state index contributed by atoms with van der Waals surface area (Å²) in [6.45, 7) is 8.04. The van der Waals surface area contributed by atoms with Gasteiger partial charge in [0.2, 0.25) is 0 Å². The highest BCUT2D eigenvalue weighted by Crippen LogP contribution is 2.11. The Morgan fingerprint density at radius 3 is 2.52 bits per heavy atom. The third-order valence-corrected chi connectivity index (χ3v) is 3.55. The van der Waals surface area contributed by atoms with Crippen LogP contribution in [0, 0.1) is 0 Å². The summed E-state index contributed by atoms with van der Waals surface area (Å²) in [5, 5.41) is 6.69. The van der Waals surface area contributed by atoms with Gasteiger partial charge in [-0.15, -0.1) is 24.0 Å². The summed E-state index contributed by atoms with van der Waals surface area (Å²) in [6.07, 6.45) is 2.55. The predicted octanol–water partition coefficient (Wildman–Crippen LogP) is 1.82. The van der Waals surface area contributed by atoms with E-state index in [2.05, 4.69) is 15.6 Å². The Morgan fingerprint density at radius 2 is 1.96 bits per heavy atom. The van der Waals surface area contributed by atoms with E-state index in [-0.39, 0.29) is 30.1 Å². The minimum absolute atomic E-state index is 0. The molecule has 1 amide bonds. The normalized spacial score (nSPS) is 15.8. The molecule has 1 fully saturated rings. The van der Waals surface area contributed by atoms with E-state index in [1.165, 1.54) is 0 Å². The lowest BCUT2D eigenvalue weighted by atomic mass is 10.1. The van der Waals surface area contributed by atoms with Gasteiger partial charge in [0, 0.05) is 45.9 Å². The van der Waals surface area contributed by atoms with Crippen LogP contribution in [0.4, 0.5) is 4.79 Å². The zero-order valence-corrected chi connectivity index (χ0v) is 16.8. The summed E-state index contributed by atoms with van der Waals surface area (Å²) in [5.74, 6) is 0.811. The van der Waals surface area contributed by atoms with Gasteiger partial charge in [-0.2, -0.15) is 0 Å². The van der Waals surface area contributed by atoms with Crippen molar-refractivity contribution in [2.75, 3.05) is 46.5 Å². The lowest BCUT2D eigenvalue weighted by Crippen LogP contribution is -2.50. The topological polar surface area (TPSA) is 75.2 Å². The summed E-state index contributed by atoms with van der Waals surface area (Å²) in [6, 6.07) is 0.337. The molecule has 0 bridgehead atoms. The Balaban J connectivity index is 0.00000484. The molecule has 0 radical (unpaired) electrons. The monoisotopic (exact) mass is 442 g/mol. The molecule has 1 aliphatic heterocycles. The highest BCUT2D eigenvalue weighted by Gasteiger charge is 2.23. The van der Waals surface area contributed by atoms with Crippen molar-refractivity contribution >= 4 is 36.0 Å². The first kappa shape index (κ1) is 22.2. The first-order valence-corrected chi connectivity index (χ1v) is 8.17. The third-order valence-electron chi connectivity index (χ3n) is 3.55. The molecule has 8 heteroatoms. The van der Waals surface area contributed by atoms with Gasteiger partial charge >= 0.3 is 6.09 Å². The molecule has 0 aromatic rings. The van der Waals surface area contributed by atoms with E-state index < -0.39 is 0 Å². The van der Waals surface area contributed by atoms with Gasteiger partial charge in [0.1, 0.15) is 0 Å². The smallest absolute Gasteiger partial charge is 0.409 e. The van der Waals surface area contributed by atoms with Crippen molar-refractivity contribution in [3.8, 4) is 0 Å². The number of aliphatic imine (C=N–C) groups is 1. The SMILES string of the molecule is CCOCCCNC(=NC)NC1CCN(C(=O)OCC)CC1.I. The molecule has 23 heavy (non-hydrogen) atoms. The summed E-state index contributed by atoms with van der Waals surface area (Å²) in [7, 11) is 1.77. The van der Waals surface area contributed by atoms with Crippen molar-refractivity contribution in [2.45, 2.75) is 39.2 Å². The predicted molar refractivity (Wildman–Crippen MR) is 103 cm³/mol. The summed E-state index contributed by atoms with van der Waals surface area (Å²) in [4.78, 5) is 17.6. The largest absolute Gasteiger partial charge is 0.450 e. The number of amides is 1. The number of carbonyl (C=O) groups is 1. The number of piperidine rings is 1. The Bertz CT molecular complexity index is 348. The Morgan fingerprint density at radius 1 is 1.26 bits per heavy atom. The minimum Gasteiger partial charge on any atom is -0.450 e. The Kier molecular flexibility index (Phi) is 13.2. The number of guanidine groups is 1. The lowest BCUT2D eigenvalue weighted by Gasteiger charge is -2.32. The maximum atomic E-state index is 11.6. The standard InChI is InChI=1S/C15H30N4O3.HI/c1-4-21-12-6-9-17-14(16-3)18-13-7-10-19(11-8-13)15(20)22-5-2;/h13H,4-12H2,1-3H3,(H2,16,17,18);1H. The highest BCUT2D eigenvalue weighted by atomic mass is 127. The molecule has 1 aliphatic rings. The van der Waals surface area contributed by atoms with Crippen LogP contribution in [0.1, 0.15) is 33.1 Å². The number of ether oxygens (including phenoxy) is 2. The average molecular weight is 442 g/mol.